The maximum absolute atomic E-state index is 13.7. The number of amides is 1. The summed E-state index contributed by atoms with van der Waals surface area (Å²) in [4.78, 5) is 12.1. The van der Waals surface area contributed by atoms with Crippen molar-refractivity contribution in [3.8, 4) is 0 Å². The third-order valence-electron chi connectivity index (χ3n) is 4.17. The van der Waals surface area contributed by atoms with Crippen molar-refractivity contribution >= 4 is 34.0 Å². The lowest BCUT2D eigenvalue weighted by atomic mass is 10.00. The number of hydrogen-bond acceptors (Lipinski definition) is 1. The number of benzene rings is 3. The van der Waals surface area contributed by atoms with Crippen LogP contribution in [0.3, 0.4) is 0 Å². The van der Waals surface area contributed by atoms with Crippen LogP contribution in [0.25, 0.3) is 10.8 Å². The first-order valence-electron chi connectivity index (χ1n) is 8.10. The van der Waals surface area contributed by atoms with Crippen molar-refractivity contribution in [1.82, 2.24) is 0 Å². The first-order valence-corrected chi connectivity index (χ1v) is 8.48. The van der Waals surface area contributed by atoms with Crippen molar-refractivity contribution in [2.75, 3.05) is 11.9 Å². The molecule has 0 spiro atoms. The van der Waals surface area contributed by atoms with Crippen molar-refractivity contribution in [1.29, 1.82) is 0 Å². The van der Waals surface area contributed by atoms with Gasteiger partial charge in [-0.05, 0) is 35.9 Å². The molecule has 3 rings (SSSR count). The SMILES string of the molecule is C[C@H]([NH2+]CC(=O)Nc1cc(Cl)ccc1F)c1cccc2ccccc12. The van der Waals surface area contributed by atoms with Crippen LogP contribution in [0.15, 0.2) is 60.7 Å². The fourth-order valence-electron chi connectivity index (χ4n) is 2.85. The summed E-state index contributed by atoms with van der Waals surface area (Å²) in [5, 5.41) is 7.22. The molecule has 3 aromatic carbocycles. The zero-order valence-corrected chi connectivity index (χ0v) is 14.6. The number of nitrogens with one attached hydrogen (secondary N) is 1. The minimum Gasteiger partial charge on any atom is -0.332 e. The summed E-state index contributed by atoms with van der Waals surface area (Å²) in [5.74, 6) is -0.770. The predicted molar refractivity (Wildman–Crippen MR) is 99.2 cm³/mol. The number of carbonyl (C=O) groups excluding carboxylic acids is 1. The third-order valence-corrected chi connectivity index (χ3v) is 4.41. The number of nitrogens with two attached hydrogens (primary N) is 1. The van der Waals surface area contributed by atoms with E-state index in [1.165, 1.54) is 34.5 Å². The molecule has 0 aliphatic heterocycles. The van der Waals surface area contributed by atoms with Gasteiger partial charge in [-0.3, -0.25) is 4.79 Å². The van der Waals surface area contributed by atoms with Crippen molar-refractivity contribution in [3.05, 3.63) is 77.1 Å². The van der Waals surface area contributed by atoms with Crippen LogP contribution in [0, 0.1) is 5.82 Å². The molecule has 128 valence electrons. The van der Waals surface area contributed by atoms with E-state index in [2.05, 4.69) is 36.5 Å². The lowest BCUT2D eigenvalue weighted by Gasteiger charge is -2.14. The number of carbonyl (C=O) groups is 1. The van der Waals surface area contributed by atoms with Crippen LogP contribution in [-0.4, -0.2) is 12.5 Å². The smallest absolute Gasteiger partial charge is 0.279 e. The van der Waals surface area contributed by atoms with Crippen LogP contribution in [0.4, 0.5) is 10.1 Å². The Balaban J connectivity index is 1.66. The average Bonchev–Trinajstić information content (AvgIpc) is 2.62. The Bertz CT molecular complexity index is 908. The molecule has 0 bridgehead atoms. The van der Waals surface area contributed by atoms with E-state index >= 15 is 0 Å². The van der Waals surface area contributed by atoms with Crippen molar-refractivity contribution in [2.45, 2.75) is 13.0 Å². The predicted octanol–water partition coefficient (Wildman–Crippen LogP) is 3.90. The second kappa shape index (κ2) is 7.64. The molecule has 25 heavy (non-hydrogen) atoms. The normalized spacial score (nSPS) is 12.1. The topological polar surface area (TPSA) is 45.7 Å². The Morgan fingerprint density at radius 1 is 1.16 bits per heavy atom. The highest BCUT2D eigenvalue weighted by Gasteiger charge is 2.15. The molecule has 0 aromatic heterocycles. The number of hydrogen-bond donors (Lipinski definition) is 2. The Hall–Kier alpha value is -2.43. The van der Waals surface area contributed by atoms with E-state index in [0.29, 0.717) is 5.02 Å². The van der Waals surface area contributed by atoms with E-state index in [1.807, 2.05) is 23.5 Å². The summed E-state index contributed by atoms with van der Waals surface area (Å²) >= 11 is 5.84. The molecule has 1 amide bonds. The van der Waals surface area contributed by atoms with Gasteiger partial charge in [0, 0.05) is 10.6 Å². The van der Waals surface area contributed by atoms with Gasteiger partial charge in [0.1, 0.15) is 11.9 Å². The molecule has 0 saturated carbocycles. The summed E-state index contributed by atoms with van der Waals surface area (Å²) in [5.41, 5.74) is 1.27. The Labute approximate surface area is 150 Å². The average molecular weight is 358 g/mol. The second-order valence-electron chi connectivity index (χ2n) is 5.97. The maximum Gasteiger partial charge on any atom is 0.279 e. The standard InChI is InChI=1S/C20H18ClFN2O/c1-13(16-8-4-6-14-5-2-3-7-17(14)16)23-12-20(25)24-19-11-15(21)9-10-18(19)22/h2-11,13,23H,12H2,1H3,(H,24,25)/p+1/t13-/m0/s1. The third kappa shape index (κ3) is 4.16. The minimum atomic E-state index is -0.500. The van der Waals surface area contributed by atoms with Gasteiger partial charge in [-0.1, -0.05) is 54.1 Å². The summed E-state index contributed by atoms with van der Waals surface area (Å²) in [6.07, 6.45) is 0. The van der Waals surface area contributed by atoms with E-state index in [9.17, 15) is 9.18 Å². The van der Waals surface area contributed by atoms with Crippen molar-refractivity contribution in [3.63, 3.8) is 0 Å². The highest BCUT2D eigenvalue weighted by molar-refractivity contribution is 6.30. The van der Waals surface area contributed by atoms with E-state index < -0.39 is 5.82 Å². The van der Waals surface area contributed by atoms with Gasteiger partial charge in [-0.25, -0.2) is 4.39 Å². The fraction of sp³-hybridized carbons (Fsp3) is 0.150. The summed E-state index contributed by atoms with van der Waals surface area (Å²) in [6.45, 7) is 2.24. The van der Waals surface area contributed by atoms with Gasteiger partial charge in [-0.2, -0.15) is 0 Å². The zero-order chi connectivity index (χ0) is 17.8. The molecule has 0 saturated heterocycles. The second-order valence-corrected chi connectivity index (χ2v) is 6.41. The lowest BCUT2D eigenvalue weighted by molar-refractivity contribution is -0.682. The van der Waals surface area contributed by atoms with Crippen molar-refractivity contribution < 1.29 is 14.5 Å². The first-order chi connectivity index (χ1) is 12.0. The van der Waals surface area contributed by atoms with Crippen LogP contribution in [0.5, 0.6) is 0 Å². The van der Waals surface area contributed by atoms with Gasteiger partial charge in [0.15, 0.2) is 6.54 Å². The highest BCUT2D eigenvalue weighted by Crippen LogP contribution is 2.22. The van der Waals surface area contributed by atoms with Gasteiger partial charge in [0.05, 0.1) is 5.69 Å². The zero-order valence-electron chi connectivity index (χ0n) is 13.8. The summed E-state index contributed by atoms with van der Waals surface area (Å²) in [6, 6.07) is 18.5. The highest BCUT2D eigenvalue weighted by atomic mass is 35.5. The summed E-state index contributed by atoms with van der Waals surface area (Å²) in [7, 11) is 0. The molecule has 0 aliphatic carbocycles. The van der Waals surface area contributed by atoms with E-state index in [-0.39, 0.29) is 24.2 Å². The number of fused-ring (bicyclic) bond motifs is 1. The monoisotopic (exact) mass is 357 g/mol. The molecule has 1 atom stereocenters. The van der Waals surface area contributed by atoms with Gasteiger partial charge in [0.2, 0.25) is 0 Å². The molecule has 0 fully saturated rings. The minimum absolute atomic E-state index is 0.0982. The number of quaternary nitrogens is 1. The molecule has 0 aliphatic rings. The molecular weight excluding hydrogens is 339 g/mol. The van der Waals surface area contributed by atoms with E-state index in [4.69, 9.17) is 11.6 Å². The Kier molecular flexibility index (Phi) is 5.31. The maximum atomic E-state index is 13.7. The van der Waals surface area contributed by atoms with Gasteiger partial charge in [0.25, 0.3) is 5.91 Å². The summed E-state index contributed by atoms with van der Waals surface area (Å²) < 4.78 is 13.7. The number of halogens is 2. The van der Waals surface area contributed by atoms with E-state index in [0.717, 1.165) is 0 Å². The number of rotatable bonds is 5. The van der Waals surface area contributed by atoms with E-state index in [1.54, 1.807) is 0 Å². The molecule has 5 heteroatoms. The fourth-order valence-corrected chi connectivity index (χ4v) is 3.02. The Morgan fingerprint density at radius 2 is 1.92 bits per heavy atom. The molecule has 3 aromatic rings. The van der Waals surface area contributed by atoms with Gasteiger partial charge in [-0.15, -0.1) is 0 Å². The van der Waals surface area contributed by atoms with Crippen molar-refractivity contribution in [2.24, 2.45) is 0 Å². The molecule has 3 nitrogen and oxygen atoms in total. The lowest BCUT2D eigenvalue weighted by Crippen LogP contribution is -2.86. The van der Waals surface area contributed by atoms with Crippen LogP contribution in [0.2, 0.25) is 5.02 Å². The van der Waals surface area contributed by atoms with Crippen LogP contribution in [0.1, 0.15) is 18.5 Å². The first kappa shape index (κ1) is 17.4. The Morgan fingerprint density at radius 3 is 2.76 bits per heavy atom. The molecule has 0 unspecified atom stereocenters. The molecule has 3 N–H and O–H groups in total. The molecule has 0 heterocycles. The van der Waals surface area contributed by atoms with Crippen LogP contribution >= 0.6 is 11.6 Å². The van der Waals surface area contributed by atoms with Gasteiger partial charge < -0.3 is 10.6 Å². The van der Waals surface area contributed by atoms with Crippen LogP contribution < -0.4 is 10.6 Å². The largest absolute Gasteiger partial charge is 0.332 e. The van der Waals surface area contributed by atoms with Crippen LogP contribution in [-0.2, 0) is 4.79 Å². The molecule has 0 radical (unpaired) electrons. The molecular formula is C20H19ClFN2O+. The van der Waals surface area contributed by atoms with Gasteiger partial charge >= 0.3 is 0 Å². The quantitative estimate of drug-likeness (QED) is 0.714. The number of anilines is 1.